The molecular formula is C24H29N3O3S2. The SMILES string of the molecule is Cc1nc(C(=O)NCC(C)(C)O)sc1-c1ccc(S(=O)NC2(C)CCC2)c2ccccc12. The second-order valence-electron chi connectivity index (χ2n) is 9.37. The molecule has 1 aliphatic rings. The number of aliphatic hydroxyl groups is 1. The van der Waals surface area contributed by atoms with Crippen molar-refractivity contribution in [3.63, 3.8) is 0 Å². The molecule has 32 heavy (non-hydrogen) atoms. The van der Waals surface area contributed by atoms with Crippen LogP contribution in [0.1, 0.15) is 55.5 Å². The van der Waals surface area contributed by atoms with Crippen LogP contribution >= 0.6 is 11.3 Å². The lowest BCUT2D eigenvalue weighted by atomic mass is 9.80. The second kappa shape index (κ2) is 8.67. The second-order valence-corrected chi connectivity index (χ2v) is 11.6. The molecule has 3 N–H and O–H groups in total. The minimum Gasteiger partial charge on any atom is -0.389 e. The van der Waals surface area contributed by atoms with Gasteiger partial charge in [-0.1, -0.05) is 30.3 Å². The van der Waals surface area contributed by atoms with Crippen molar-refractivity contribution in [3.05, 3.63) is 47.1 Å². The largest absolute Gasteiger partial charge is 0.389 e. The summed E-state index contributed by atoms with van der Waals surface area (Å²) in [6.07, 6.45) is 3.23. The smallest absolute Gasteiger partial charge is 0.280 e. The minimum atomic E-state index is -1.31. The number of nitrogens with zero attached hydrogens (tertiary/aromatic N) is 1. The van der Waals surface area contributed by atoms with E-state index in [1.807, 2.05) is 43.3 Å². The summed E-state index contributed by atoms with van der Waals surface area (Å²) in [6.45, 7) is 7.44. The quantitative estimate of drug-likeness (QED) is 0.478. The van der Waals surface area contributed by atoms with Crippen molar-refractivity contribution >= 4 is 39.0 Å². The summed E-state index contributed by atoms with van der Waals surface area (Å²) < 4.78 is 16.5. The molecule has 170 valence electrons. The van der Waals surface area contributed by atoms with Crippen molar-refractivity contribution in [1.29, 1.82) is 0 Å². The van der Waals surface area contributed by atoms with E-state index >= 15 is 0 Å². The summed E-state index contributed by atoms with van der Waals surface area (Å²) in [7, 11) is -1.31. The van der Waals surface area contributed by atoms with Crippen LogP contribution in [0, 0.1) is 6.92 Å². The molecule has 1 amide bonds. The number of rotatable bonds is 7. The zero-order chi connectivity index (χ0) is 23.1. The Balaban J connectivity index is 1.68. The van der Waals surface area contributed by atoms with Gasteiger partial charge >= 0.3 is 0 Å². The van der Waals surface area contributed by atoms with Gasteiger partial charge in [0, 0.05) is 17.6 Å². The fourth-order valence-corrected chi connectivity index (χ4v) is 6.19. The Labute approximate surface area is 195 Å². The third-order valence-corrected chi connectivity index (χ3v) is 8.42. The number of nitrogens with one attached hydrogen (secondary N) is 2. The van der Waals surface area contributed by atoms with E-state index < -0.39 is 16.6 Å². The van der Waals surface area contributed by atoms with Gasteiger partial charge < -0.3 is 10.4 Å². The van der Waals surface area contributed by atoms with Gasteiger partial charge in [-0.25, -0.2) is 13.9 Å². The predicted molar refractivity (Wildman–Crippen MR) is 130 cm³/mol. The molecule has 2 aromatic carbocycles. The van der Waals surface area contributed by atoms with Crippen LogP contribution in [0.4, 0.5) is 0 Å². The highest BCUT2D eigenvalue weighted by Crippen LogP contribution is 2.38. The monoisotopic (exact) mass is 471 g/mol. The van der Waals surface area contributed by atoms with E-state index in [2.05, 4.69) is 21.9 Å². The third-order valence-electron chi connectivity index (χ3n) is 5.80. The fourth-order valence-electron chi connectivity index (χ4n) is 3.83. The number of amides is 1. The van der Waals surface area contributed by atoms with Crippen molar-refractivity contribution in [1.82, 2.24) is 15.0 Å². The van der Waals surface area contributed by atoms with Crippen LogP contribution in [-0.4, -0.2) is 37.9 Å². The van der Waals surface area contributed by atoms with Gasteiger partial charge in [0.15, 0.2) is 5.01 Å². The molecule has 0 bridgehead atoms. The zero-order valence-electron chi connectivity index (χ0n) is 18.8. The summed E-state index contributed by atoms with van der Waals surface area (Å²) in [4.78, 5) is 18.7. The molecule has 0 aliphatic heterocycles. The molecule has 1 aliphatic carbocycles. The normalized spacial score (nSPS) is 16.5. The molecule has 6 nitrogen and oxygen atoms in total. The van der Waals surface area contributed by atoms with E-state index in [4.69, 9.17) is 0 Å². The molecule has 0 radical (unpaired) electrons. The Morgan fingerprint density at radius 3 is 2.53 bits per heavy atom. The topological polar surface area (TPSA) is 91.3 Å². The standard InChI is InChI=1S/C24H29N3O3S2/c1-15-20(31-22(26-15)21(28)25-14-23(2,3)29)18-10-11-19(17-9-6-5-8-16(17)18)32(30)27-24(4)12-7-13-24/h5-6,8-11,27,29H,7,12-14H2,1-4H3,(H,25,28). The van der Waals surface area contributed by atoms with Gasteiger partial charge in [-0.2, -0.15) is 0 Å². The molecule has 1 aromatic heterocycles. The van der Waals surface area contributed by atoms with Crippen LogP contribution in [0.3, 0.4) is 0 Å². The summed E-state index contributed by atoms with van der Waals surface area (Å²) in [5.41, 5.74) is 0.678. The van der Waals surface area contributed by atoms with Crippen molar-refractivity contribution in [2.75, 3.05) is 6.54 Å². The lowest BCUT2D eigenvalue weighted by Gasteiger charge is -2.38. The predicted octanol–water partition coefficient (Wildman–Crippen LogP) is 4.33. The number of fused-ring (bicyclic) bond motifs is 1. The van der Waals surface area contributed by atoms with Gasteiger partial charge in [-0.15, -0.1) is 11.3 Å². The van der Waals surface area contributed by atoms with Crippen molar-refractivity contribution in [2.45, 2.75) is 63.0 Å². The Hall–Kier alpha value is -2.13. The van der Waals surface area contributed by atoms with Gasteiger partial charge in [0.05, 0.1) is 21.1 Å². The van der Waals surface area contributed by atoms with Gasteiger partial charge in [0.25, 0.3) is 5.91 Å². The molecule has 1 atom stereocenters. The lowest BCUT2D eigenvalue weighted by Crippen LogP contribution is -2.48. The maximum atomic E-state index is 13.1. The minimum absolute atomic E-state index is 0.0652. The maximum absolute atomic E-state index is 13.1. The molecule has 0 spiro atoms. The number of benzene rings is 2. The highest BCUT2D eigenvalue weighted by molar-refractivity contribution is 7.83. The van der Waals surface area contributed by atoms with Crippen molar-refractivity contribution in [2.24, 2.45) is 0 Å². The lowest BCUT2D eigenvalue weighted by molar-refractivity contribution is 0.0694. The third kappa shape index (κ3) is 4.78. The Morgan fingerprint density at radius 1 is 1.22 bits per heavy atom. The van der Waals surface area contributed by atoms with Gasteiger partial charge in [-0.3, -0.25) is 4.79 Å². The summed E-state index contributed by atoms with van der Waals surface area (Å²) >= 11 is 1.33. The molecule has 8 heteroatoms. The number of carbonyl (C=O) groups is 1. The van der Waals surface area contributed by atoms with Gasteiger partial charge in [0.1, 0.15) is 11.0 Å². The number of carbonyl (C=O) groups excluding carboxylic acids is 1. The molecule has 1 heterocycles. The average molecular weight is 472 g/mol. The molecule has 0 saturated heterocycles. The zero-order valence-corrected chi connectivity index (χ0v) is 20.5. The Bertz CT molecular complexity index is 1190. The number of hydrogen-bond acceptors (Lipinski definition) is 5. The Kier molecular flexibility index (Phi) is 6.24. The van der Waals surface area contributed by atoms with E-state index in [1.54, 1.807) is 13.8 Å². The first-order valence-electron chi connectivity index (χ1n) is 10.8. The highest BCUT2D eigenvalue weighted by Gasteiger charge is 2.33. The molecule has 3 aromatic rings. The van der Waals surface area contributed by atoms with Crippen LogP contribution in [0.15, 0.2) is 41.3 Å². The Morgan fingerprint density at radius 2 is 1.91 bits per heavy atom. The van der Waals surface area contributed by atoms with E-state index in [0.29, 0.717) is 5.01 Å². The summed E-state index contributed by atoms with van der Waals surface area (Å²) in [6, 6.07) is 11.8. The first-order chi connectivity index (χ1) is 15.1. The summed E-state index contributed by atoms with van der Waals surface area (Å²) in [5, 5.41) is 14.9. The van der Waals surface area contributed by atoms with Crippen molar-refractivity contribution < 1.29 is 14.1 Å². The average Bonchev–Trinajstić information content (AvgIpc) is 3.11. The number of aromatic nitrogens is 1. The highest BCUT2D eigenvalue weighted by atomic mass is 32.2. The van der Waals surface area contributed by atoms with Crippen LogP contribution in [0.25, 0.3) is 21.2 Å². The molecule has 1 saturated carbocycles. The van der Waals surface area contributed by atoms with Crippen LogP contribution in [-0.2, 0) is 11.0 Å². The first-order valence-corrected chi connectivity index (χ1v) is 12.7. The molecule has 4 rings (SSSR count). The van der Waals surface area contributed by atoms with Gasteiger partial charge in [-0.05, 0) is 63.8 Å². The van der Waals surface area contributed by atoms with E-state index in [9.17, 15) is 14.1 Å². The van der Waals surface area contributed by atoms with Crippen molar-refractivity contribution in [3.8, 4) is 10.4 Å². The van der Waals surface area contributed by atoms with Gasteiger partial charge in [0.2, 0.25) is 0 Å². The van der Waals surface area contributed by atoms with Crippen LogP contribution < -0.4 is 10.0 Å². The molecule has 1 unspecified atom stereocenters. The van der Waals surface area contributed by atoms with E-state index in [1.165, 1.54) is 11.3 Å². The van der Waals surface area contributed by atoms with E-state index in [-0.39, 0.29) is 18.0 Å². The van der Waals surface area contributed by atoms with Crippen LogP contribution in [0.2, 0.25) is 0 Å². The maximum Gasteiger partial charge on any atom is 0.280 e. The van der Waals surface area contributed by atoms with E-state index in [0.717, 1.165) is 51.1 Å². The molecular weight excluding hydrogens is 442 g/mol. The molecule has 1 fully saturated rings. The summed E-state index contributed by atoms with van der Waals surface area (Å²) in [5.74, 6) is -0.300. The fraction of sp³-hybridized carbons (Fsp3) is 0.417. The number of thiazole rings is 1. The number of aryl methyl sites for hydroxylation is 1. The van der Waals surface area contributed by atoms with Crippen LogP contribution in [0.5, 0.6) is 0 Å². The first kappa shape index (κ1) is 23.0. The number of hydrogen-bond donors (Lipinski definition) is 3.